The van der Waals surface area contributed by atoms with Crippen LogP contribution in [-0.4, -0.2) is 18.1 Å². The number of nitrogen functional groups attached to an aromatic ring is 1. The van der Waals surface area contributed by atoms with Crippen LogP contribution in [0.25, 0.3) is 0 Å². The molecule has 0 aliphatic carbocycles. The number of esters is 1. The Bertz CT molecular complexity index is 431. The van der Waals surface area contributed by atoms with E-state index in [1.54, 1.807) is 0 Å². The molecular formula is C8H6F4N2O2. The van der Waals surface area contributed by atoms with E-state index in [-0.39, 0.29) is 0 Å². The number of hydrogen-bond acceptors (Lipinski definition) is 4. The van der Waals surface area contributed by atoms with E-state index in [4.69, 9.17) is 5.73 Å². The lowest BCUT2D eigenvalue weighted by molar-refractivity contribution is -0.143. The van der Waals surface area contributed by atoms with Crippen molar-refractivity contribution in [3.63, 3.8) is 0 Å². The molecular weight excluding hydrogens is 232 g/mol. The number of alkyl halides is 3. The van der Waals surface area contributed by atoms with Gasteiger partial charge in [0, 0.05) is 0 Å². The summed E-state index contributed by atoms with van der Waals surface area (Å²) in [7, 11) is 0.983. The first kappa shape index (κ1) is 12.2. The number of pyridine rings is 1. The van der Waals surface area contributed by atoms with E-state index < -0.39 is 35.0 Å². The predicted molar refractivity (Wildman–Crippen MR) is 44.9 cm³/mol. The van der Waals surface area contributed by atoms with Crippen LogP contribution in [0.15, 0.2) is 6.07 Å². The summed E-state index contributed by atoms with van der Waals surface area (Å²) < 4.78 is 53.7. The van der Waals surface area contributed by atoms with Crippen LogP contribution in [0.4, 0.5) is 23.4 Å². The summed E-state index contributed by atoms with van der Waals surface area (Å²) in [6.07, 6.45) is -4.97. The third-order valence-electron chi connectivity index (χ3n) is 1.68. The molecule has 8 heteroatoms. The molecule has 16 heavy (non-hydrogen) atoms. The van der Waals surface area contributed by atoms with Crippen molar-refractivity contribution >= 4 is 11.8 Å². The minimum atomic E-state index is -4.97. The van der Waals surface area contributed by atoms with E-state index in [1.807, 2.05) is 0 Å². The van der Waals surface area contributed by atoms with Crippen molar-refractivity contribution in [3.8, 4) is 0 Å². The Balaban J connectivity index is 3.33. The van der Waals surface area contributed by atoms with E-state index in [0.717, 1.165) is 7.11 Å². The van der Waals surface area contributed by atoms with Crippen LogP contribution in [0.1, 0.15) is 16.1 Å². The molecule has 0 atom stereocenters. The van der Waals surface area contributed by atoms with Gasteiger partial charge in [-0.2, -0.15) is 13.2 Å². The number of carbonyl (C=O) groups excluding carboxylic acids is 1. The molecule has 1 rings (SSSR count). The number of anilines is 1. The summed E-state index contributed by atoms with van der Waals surface area (Å²) in [5.74, 6) is -3.47. The average Bonchev–Trinajstić information content (AvgIpc) is 2.18. The van der Waals surface area contributed by atoms with Crippen molar-refractivity contribution in [2.24, 2.45) is 0 Å². The molecule has 0 radical (unpaired) electrons. The third kappa shape index (κ3) is 2.20. The molecule has 1 heterocycles. The number of aromatic nitrogens is 1. The maximum absolute atomic E-state index is 13.0. The normalized spacial score (nSPS) is 11.3. The molecule has 0 saturated heterocycles. The Morgan fingerprint density at radius 2 is 2.06 bits per heavy atom. The summed E-state index contributed by atoms with van der Waals surface area (Å²) in [6.45, 7) is 0. The third-order valence-corrected chi connectivity index (χ3v) is 1.68. The van der Waals surface area contributed by atoms with Crippen LogP contribution in [0.3, 0.4) is 0 Å². The lowest BCUT2D eigenvalue weighted by Gasteiger charge is -2.09. The first-order chi connectivity index (χ1) is 7.27. The molecule has 1 aromatic heterocycles. The lowest BCUT2D eigenvalue weighted by atomic mass is 10.2. The molecule has 0 fully saturated rings. The molecule has 4 nitrogen and oxygen atoms in total. The highest BCUT2D eigenvalue weighted by atomic mass is 19.4. The topological polar surface area (TPSA) is 65.2 Å². The molecule has 88 valence electrons. The molecule has 0 aliphatic rings. The van der Waals surface area contributed by atoms with Gasteiger partial charge in [0.2, 0.25) is 0 Å². The van der Waals surface area contributed by atoms with Crippen LogP contribution in [0.5, 0.6) is 0 Å². The van der Waals surface area contributed by atoms with Crippen LogP contribution in [0, 0.1) is 5.82 Å². The summed E-state index contributed by atoms with van der Waals surface area (Å²) in [5.41, 5.74) is 2.77. The summed E-state index contributed by atoms with van der Waals surface area (Å²) >= 11 is 0. The zero-order chi connectivity index (χ0) is 12.5. The summed E-state index contributed by atoms with van der Waals surface area (Å²) in [4.78, 5) is 13.7. The number of ether oxygens (including phenoxy) is 1. The van der Waals surface area contributed by atoms with Crippen LogP contribution >= 0.6 is 0 Å². The van der Waals surface area contributed by atoms with Gasteiger partial charge >= 0.3 is 12.1 Å². The van der Waals surface area contributed by atoms with Crippen molar-refractivity contribution in [2.75, 3.05) is 12.8 Å². The first-order valence-electron chi connectivity index (χ1n) is 3.89. The highest BCUT2D eigenvalue weighted by molar-refractivity contribution is 5.94. The second-order valence-corrected chi connectivity index (χ2v) is 2.74. The predicted octanol–water partition coefficient (Wildman–Crippen LogP) is 1.61. The van der Waals surface area contributed by atoms with Crippen molar-refractivity contribution in [2.45, 2.75) is 6.18 Å². The van der Waals surface area contributed by atoms with Gasteiger partial charge in [0.25, 0.3) is 0 Å². The quantitative estimate of drug-likeness (QED) is 0.596. The Morgan fingerprint density at radius 1 is 1.50 bits per heavy atom. The maximum atomic E-state index is 13.0. The number of hydrogen-bond donors (Lipinski definition) is 1. The molecule has 2 N–H and O–H groups in total. The molecule has 0 aliphatic heterocycles. The van der Waals surface area contributed by atoms with Gasteiger partial charge in [-0.3, -0.25) is 0 Å². The van der Waals surface area contributed by atoms with Crippen molar-refractivity contribution < 1.29 is 27.1 Å². The highest BCUT2D eigenvalue weighted by Gasteiger charge is 2.37. The Hall–Kier alpha value is -1.86. The number of methoxy groups -OCH3 is 1. The van der Waals surface area contributed by atoms with E-state index in [9.17, 15) is 22.4 Å². The monoisotopic (exact) mass is 238 g/mol. The number of rotatable bonds is 1. The number of halogens is 4. The molecule has 1 aromatic rings. The van der Waals surface area contributed by atoms with Gasteiger partial charge < -0.3 is 10.5 Å². The van der Waals surface area contributed by atoms with Gasteiger partial charge in [0.1, 0.15) is 11.4 Å². The fraction of sp³-hybridized carbons (Fsp3) is 0.250. The van der Waals surface area contributed by atoms with Gasteiger partial charge in [-0.15, -0.1) is 0 Å². The molecule has 0 bridgehead atoms. The van der Waals surface area contributed by atoms with Crippen molar-refractivity contribution in [1.82, 2.24) is 4.98 Å². The van der Waals surface area contributed by atoms with E-state index in [1.165, 1.54) is 0 Å². The molecule has 0 aromatic carbocycles. The van der Waals surface area contributed by atoms with E-state index in [2.05, 4.69) is 9.72 Å². The Labute approximate surface area is 87.0 Å². The highest BCUT2D eigenvalue weighted by Crippen LogP contribution is 2.31. The van der Waals surface area contributed by atoms with Crippen LogP contribution < -0.4 is 5.73 Å². The first-order valence-corrected chi connectivity index (χ1v) is 3.89. The smallest absolute Gasteiger partial charge is 0.436 e. The Morgan fingerprint density at radius 3 is 2.50 bits per heavy atom. The standard InChI is InChI=1S/C8H6F4N2O2/c1-16-7(15)3-2-4(9)5(8(10,11)12)14-6(3)13/h2H,1H3,(H2,13,14). The zero-order valence-corrected chi connectivity index (χ0v) is 7.93. The number of nitrogens with zero attached hydrogens (tertiary/aromatic N) is 1. The fourth-order valence-corrected chi connectivity index (χ4v) is 0.975. The van der Waals surface area contributed by atoms with E-state index in [0.29, 0.717) is 6.07 Å². The largest absolute Gasteiger partial charge is 0.465 e. The minimum absolute atomic E-state index is 0.344. The van der Waals surface area contributed by atoms with Gasteiger partial charge in [-0.25, -0.2) is 14.2 Å². The lowest BCUT2D eigenvalue weighted by Crippen LogP contribution is -2.16. The minimum Gasteiger partial charge on any atom is -0.465 e. The van der Waals surface area contributed by atoms with Crippen LogP contribution in [-0.2, 0) is 10.9 Å². The molecule has 0 spiro atoms. The molecule has 0 saturated carbocycles. The summed E-state index contributed by atoms with van der Waals surface area (Å²) in [5, 5.41) is 0. The summed E-state index contributed by atoms with van der Waals surface area (Å²) in [6, 6.07) is 0.344. The average molecular weight is 238 g/mol. The zero-order valence-electron chi connectivity index (χ0n) is 7.93. The second kappa shape index (κ2) is 3.95. The van der Waals surface area contributed by atoms with Crippen LogP contribution in [0.2, 0.25) is 0 Å². The van der Waals surface area contributed by atoms with Gasteiger partial charge in [-0.05, 0) is 6.07 Å². The second-order valence-electron chi connectivity index (χ2n) is 2.74. The fourth-order valence-electron chi connectivity index (χ4n) is 0.975. The van der Waals surface area contributed by atoms with Gasteiger partial charge in [0.05, 0.1) is 7.11 Å². The SMILES string of the molecule is COC(=O)c1cc(F)c(C(F)(F)F)nc1N. The number of nitrogens with two attached hydrogens (primary N) is 1. The maximum Gasteiger partial charge on any atom is 0.436 e. The molecule has 0 amide bonds. The number of carbonyl (C=O) groups is 1. The van der Waals surface area contributed by atoms with Crippen molar-refractivity contribution in [3.05, 3.63) is 23.1 Å². The van der Waals surface area contributed by atoms with E-state index >= 15 is 0 Å². The Kier molecular flexibility index (Phi) is 3.02. The molecule has 0 unspecified atom stereocenters. The van der Waals surface area contributed by atoms with Gasteiger partial charge in [-0.1, -0.05) is 0 Å². The van der Waals surface area contributed by atoms with Crippen molar-refractivity contribution in [1.29, 1.82) is 0 Å². The van der Waals surface area contributed by atoms with Gasteiger partial charge in [0.15, 0.2) is 11.5 Å².